The van der Waals surface area contributed by atoms with E-state index in [9.17, 15) is 4.79 Å². The molecule has 2 N–H and O–H groups in total. The standard InChI is InChI=1S/C12H16ClN3O2/c1-2-14-10-7-18-6-9(10)12(17)16-11-4-3-8(13)5-15-11/h3-5,9-10,14H,2,6-7H2,1H3,(H,15,16,17). The van der Waals surface area contributed by atoms with Crippen LogP contribution < -0.4 is 10.6 Å². The number of nitrogens with one attached hydrogen (secondary N) is 2. The summed E-state index contributed by atoms with van der Waals surface area (Å²) < 4.78 is 5.34. The predicted molar refractivity (Wildman–Crippen MR) is 69.7 cm³/mol. The van der Waals surface area contributed by atoms with Gasteiger partial charge in [0.1, 0.15) is 5.82 Å². The first-order valence-corrected chi connectivity index (χ1v) is 6.32. The van der Waals surface area contributed by atoms with Crippen molar-refractivity contribution in [1.82, 2.24) is 10.3 Å². The highest BCUT2D eigenvalue weighted by Crippen LogP contribution is 2.16. The number of carbonyl (C=O) groups is 1. The SMILES string of the molecule is CCNC1COCC1C(=O)Nc1ccc(Cl)cn1. The summed E-state index contributed by atoms with van der Waals surface area (Å²) in [6.07, 6.45) is 1.50. The molecule has 0 aromatic carbocycles. The van der Waals surface area contributed by atoms with Gasteiger partial charge < -0.3 is 15.4 Å². The average Bonchev–Trinajstić information content (AvgIpc) is 2.81. The molecule has 1 fully saturated rings. The Morgan fingerprint density at radius 3 is 3.06 bits per heavy atom. The van der Waals surface area contributed by atoms with E-state index < -0.39 is 0 Å². The lowest BCUT2D eigenvalue weighted by molar-refractivity contribution is -0.120. The lowest BCUT2D eigenvalue weighted by Crippen LogP contribution is -2.41. The third-order valence-electron chi connectivity index (χ3n) is 2.86. The highest BCUT2D eigenvalue weighted by Gasteiger charge is 2.33. The number of rotatable bonds is 4. The third kappa shape index (κ3) is 3.19. The Morgan fingerprint density at radius 1 is 1.56 bits per heavy atom. The Balaban J connectivity index is 1.96. The Hall–Kier alpha value is -1.17. The Kier molecular flexibility index (Phi) is 4.52. The van der Waals surface area contributed by atoms with Crippen LogP contribution in [-0.4, -0.2) is 36.7 Å². The smallest absolute Gasteiger partial charge is 0.232 e. The zero-order valence-electron chi connectivity index (χ0n) is 10.1. The van der Waals surface area contributed by atoms with Crippen molar-refractivity contribution >= 4 is 23.3 Å². The van der Waals surface area contributed by atoms with Crippen LogP contribution >= 0.6 is 11.6 Å². The summed E-state index contributed by atoms with van der Waals surface area (Å²) in [5, 5.41) is 6.56. The van der Waals surface area contributed by atoms with Crippen LogP contribution in [0.5, 0.6) is 0 Å². The van der Waals surface area contributed by atoms with Crippen LogP contribution in [0.1, 0.15) is 6.92 Å². The summed E-state index contributed by atoms with van der Waals surface area (Å²) in [5.74, 6) is 0.252. The van der Waals surface area contributed by atoms with Crippen LogP contribution in [0.15, 0.2) is 18.3 Å². The van der Waals surface area contributed by atoms with Gasteiger partial charge in [-0.2, -0.15) is 0 Å². The summed E-state index contributed by atoms with van der Waals surface area (Å²) in [5.41, 5.74) is 0. The Morgan fingerprint density at radius 2 is 2.39 bits per heavy atom. The molecule has 6 heteroatoms. The van der Waals surface area contributed by atoms with Gasteiger partial charge in [0, 0.05) is 12.2 Å². The number of aromatic nitrogens is 1. The van der Waals surface area contributed by atoms with Crippen LogP contribution in [0.25, 0.3) is 0 Å². The van der Waals surface area contributed by atoms with Crippen LogP contribution in [-0.2, 0) is 9.53 Å². The van der Waals surface area contributed by atoms with Gasteiger partial charge in [0.25, 0.3) is 0 Å². The minimum Gasteiger partial charge on any atom is -0.379 e. The van der Waals surface area contributed by atoms with E-state index in [4.69, 9.17) is 16.3 Å². The Bertz CT molecular complexity index is 410. The van der Waals surface area contributed by atoms with Gasteiger partial charge in [-0.25, -0.2) is 4.98 Å². The number of likely N-dealkylation sites (N-methyl/N-ethyl adjacent to an activating group) is 1. The van der Waals surface area contributed by atoms with Gasteiger partial charge in [-0.05, 0) is 18.7 Å². The molecule has 2 atom stereocenters. The fraction of sp³-hybridized carbons (Fsp3) is 0.500. The van der Waals surface area contributed by atoms with Gasteiger partial charge in [-0.15, -0.1) is 0 Å². The minimum atomic E-state index is -0.178. The molecule has 1 saturated heterocycles. The molecule has 0 radical (unpaired) electrons. The molecule has 1 aromatic heterocycles. The van der Waals surface area contributed by atoms with E-state index in [2.05, 4.69) is 15.6 Å². The second-order valence-electron chi connectivity index (χ2n) is 4.16. The van der Waals surface area contributed by atoms with E-state index in [0.29, 0.717) is 24.1 Å². The van der Waals surface area contributed by atoms with Gasteiger partial charge in [0.2, 0.25) is 5.91 Å². The number of anilines is 1. The second kappa shape index (κ2) is 6.13. The summed E-state index contributed by atoms with van der Waals surface area (Å²) >= 11 is 5.73. The maximum absolute atomic E-state index is 12.1. The molecular formula is C12H16ClN3O2. The van der Waals surface area contributed by atoms with Gasteiger partial charge >= 0.3 is 0 Å². The van der Waals surface area contributed by atoms with Crippen LogP contribution in [0.4, 0.5) is 5.82 Å². The number of pyridine rings is 1. The van der Waals surface area contributed by atoms with Crippen LogP contribution in [0, 0.1) is 5.92 Å². The monoisotopic (exact) mass is 269 g/mol. The number of halogens is 1. The van der Waals surface area contributed by atoms with Crippen molar-refractivity contribution < 1.29 is 9.53 Å². The topological polar surface area (TPSA) is 63.2 Å². The van der Waals surface area contributed by atoms with E-state index in [1.165, 1.54) is 6.20 Å². The first kappa shape index (κ1) is 13.3. The minimum absolute atomic E-state index is 0.0716. The first-order valence-electron chi connectivity index (χ1n) is 5.94. The fourth-order valence-corrected chi connectivity index (χ4v) is 2.06. The average molecular weight is 270 g/mol. The molecule has 2 rings (SSSR count). The summed E-state index contributed by atoms with van der Waals surface area (Å²) in [4.78, 5) is 16.1. The van der Waals surface area contributed by atoms with Crippen molar-refractivity contribution in [1.29, 1.82) is 0 Å². The molecule has 5 nitrogen and oxygen atoms in total. The van der Waals surface area contributed by atoms with Gasteiger partial charge in [-0.1, -0.05) is 18.5 Å². The predicted octanol–water partition coefficient (Wildman–Crippen LogP) is 1.30. The van der Waals surface area contributed by atoms with Crippen molar-refractivity contribution in [3.63, 3.8) is 0 Å². The molecule has 1 aromatic rings. The van der Waals surface area contributed by atoms with Gasteiger partial charge in [0.15, 0.2) is 0 Å². The molecule has 98 valence electrons. The van der Waals surface area contributed by atoms with Crippen molar-refractivity contribution in [2.24, 2.45) is 5.92 Å². The lowest BCUT2D eigenvalue weighted by Gasteiger charge is -2.17. The summed E-state index contributed by atoms with van der Waals surface area (Å²) in [6.45, 7) is 3.84. The van der Waals surface area contributed by atoms with E-state index in [1.54, 1.807) is 12.1 Å². The van der Waals surface area contributed by atoms with Gasteiger partial charge in [0.05, 0.1) is 24.2 Å². The molecular weight excluding hydrogens is 254 g/mol. The Labute approximate surface area is 111 Å². The molecule has 2 unspecified atom stereocenters. The van der Waals surface area contributed by atoms with Crippen molar-refractivity contribution in [2.75, 3.05) is 25.1 Å². The van der Waals surface area contributed by atoms with E-state index in [0.717, 1.165) is 6.54 Å². The lowest BCUT2D eigenvalue weighted by atomic mass is 10.0. The second-order valence-corrected chi connectivity index (χ2v) is 4.60. The van der Waals surface area contributed by atoms with Crippen LogP contribution in [0.2, 0.25) is 5.02 Å². The molecule has 1 aliphatic heterocycles. The number of ether oxygens (including phenoxy) is 1. The number of amides is 1. The quantitative estimate of drug-likeness (QED) is 0.865. The first-order chi connectivity index (χ1) is 8.70. The normalized spacial score (nSPS) is 23.0. The number of carbonyl (C=O) groups excluding carboxylic acids is 1. The number of hydrogen-bond donors (Lipinski definition) is 2. The zero-order chi connectivity index (χ0) is 13.0. The highest BCUT2D eigenvalue weighted by atomic mass is 35.5. The molecule has 18 heavy (non-hydrogen) atoms. The van der Waals surface area contributed by atoms with Crippen molar-refractivity contribution in [3.05, 3.63) is 23.4 Å². The van der Waals surface area contributed by atoms with Gasteiger partial charge in [-0.3, -0.25) is 4.79 Å². The van der Waals surface area contributed by atoms with Crippen LogP contribution in [0.3, 0.4) is 0 Å². The maximum Gasteiger partial charge on any atom is 0.232 e. The summed E-state index contributed by atoms with van der Waals surface area (Å²) in [7, 11) is 0. The van der Waals surface area contributed by atoms with E-state index in [-0.39, 0.29) is 17.9 Å². The molecule has 1 aliphatic rings. The van der Waals surface area contributed by atoms with Crippen molar-refractivity contribution in [3.8, 4) is 0 Å². The third-order valence-corrected chi connectivity index (χ3v) is 3.09. The maximum atomic E-state index is 12.1. The fourth-order valence-electron chi connectivity index (χ4n) is 1.94. The molecule has 0 aliphatic carbocycles. The summed E-state index contributed by atoms with van der Waals surface area (Å²) in [6, 6.07) is 3.44. The molecule has 2 heterocycles. The number of nitrogens with zero attached hydrogens (tertiary/aromatic N) is 1. The molecule has 0 bridgehead atoms. The largest absolute Gasteiger partial charge is 0.379 e. The molecule has 1 amide bonds. The zero-order valence-corrected chi connectivity index (χ0v) is 10.9. The number of hydrogen-bond acceptors (Lipinski definition) is 4. The molecule has 0 spiro atoms. The van der Waals surface area contributed by atoms with E-state index >= 15 is 0 Å². The molecule has 0 saturated carbocycles. The highest BCUT2D eigenvalue weighted by molar-refractivity contribution is 6.30. The van der Waals surface area contributed by atoms with Crippen molar-refractivity contribution in [2.45, 2.75) is 13.0 Å². The van der Waals surface area contributed by atoms with E-state index in [1.807, 2.05) is 6.92 Å².